The van der Waals surface area contributed by atoms with Crippen molar-refractivity contribution in [2.45, 2.75) is 25.7 Å². The summed E-state index contributed by atoms with van der Waals surface area (Å²) < 4.78 is 44.6. The number of carbonyl (C=O) groups is 1. The standard InChI is InChI=1S/C21H23N3O6S/c1-12-6-7-15(20-13(2)23-30-21(20)22-14(3)25)10-19(12)31(26,27)24-17-9-8-16(28-4)11-18(17)29-5/h6-11,24H,1-5H3,(H,22,25). The van der Waals surface area contributed by atoms with Crippen LogP contribution in [0.25, 0.3) is 11.1 Å². The quantitative estimate of drug-likeness (QED) is 0.568. The minimum atomic E-state index is -3.97. The molecule has 0 aliphatic carbocycles. The molecule has 31 heavy (non-hydrogen) atoms. The lowest BCUT2D eigenvalue weighted by Crippen LogP contribution is -2.15. The van der Waals surface area contributed by atoms with Crippen LogP contribution in [-0.4, -0.2) is 33.7 Å². The van der Waals surface area contributed by atoms with Crippen LogP contribution in [-0.2, 0) is 14.8 Å². The molecule has 0 atom stereocenters. The van der Waals surface area contributed by atoms with E-state index in [1.807, 2.05) is 0 Å². The van der Waals surface area contributed by atoms with Crippen molar-refractivity contribution in [3.05, 3.63) is 47.7 Å². The van der Waals surface area contributed by atoms with E-state index >= 15 is 0 Å². The zero-order chi connectivity index (χ0) is 22.8. The van der Waals surface area contributed by atoms with E-state index < -0.39 is 10.0 Å². The third kappa shape index (κ3) is 4.64. The van der Waals surface area contributed by atoms with Crippen LogP contribution in [0, 0.1) is 13.8 Å². The number of ether oxygens (including phenoxy) is 2. The van der Waals surface area contributed by atoms with Crippen LogP contribution in [0.15, 0.2) is 45.8 Å². The van der Waals surface area contributed by atoms with Crippen molar-refractivity contribution in [1.82, 2.24) is 5.16 Å². The average Bonchev–Trinajstić information content (AvgIpc) is 3.07. The number of rotatable bonds is 7. The number of amides is 1. The maximum Gasteiger partial charge on any atom is 0.262 e. The molecule has 0 radical (unpaired) electrons. The molecule has 0 saturated carbocycles. The number of anilines is 2. The van der Waals surface area contributed by atoms with Crippen molar-refractivity contribution in [3.8, 4) is 22.6 Å². The first-order chi connectivity index (χ1) is 14.7. The fraction of sp³-hybridized carbons (Fsp3) is 0.238. The van der Waals surface area contributed by atoms with Gasteiger partial charge in [-0.25, -0.2) is 8.42 Å². The van der Waals surface area contributed by atoms with Gasteiger partial charge in [0.2, 0.25) is 11.8 Å². The topological polar surface area (TPSA) is 120 Å². The van der Waals surface area contributed by atoms with Gasteiger partial charge < -0.3 is 14.0 Å². The van der Waals surface area contributed by atoms with E-state index in [1.54, 1.807) is 44.2 Å². The second-order valence-corrected chi connectivity index (χ2v) is 8.46. The van der Waals surface area contributed by atoms with Crippen LogP contribution in [0.5, 0.6) is 11.5 Å². The van der Waals surface area contributed by atoms with Crippen molar-refractivity contribution >= 4 is 27.5 Å². The summed E-state index contributed by atoms with van der Waals surface area (Å²) in [5.41, 5.74) is 2.37. The van der Waals surface area contributed by atoms with Gasteiger partial charge in [-0.2, -0.15) is 0 Å². The molecular formula is C21H23N3O6S. The molecule has 0 spiro atoms. The molecule has 9 nitrogen and oxygen atoms in total. The lowest BCUT2D eigenvalue weighted by atomic mass is 10.0. The van der Waals surface area contributed by atoms with E-state index in [-0.39, 0.29) is 22.4 Å². The molecule has 3 aromatic rings. The number of nitrogens with zero attached hydrogens (tertiary/aromatic N) is 1. The average molecular weight is 445 g/mol. The molecule has 0 aliphatic heterocycles. The van der Waals surface area contributed by atoms with Gasteiger partial charge in [0, 0.05) is 13.0 Å². The van der Waals surface area contributed by atoms with Crippen LogP contribution < -0.4 is 19.5 Å². The highest BCUT2D eigenvalue weighted by Crippen LogP contribution is 2.35. The van der Waals surface area contributed by atoms with E-state index in [0.29, 0.717) is 33.9 Å². The van der Waals surface area contributed by atoms with Gasteiger partial charge in [0.15, 0.2) is 0 Å². The van der Waals surface area contributed by atoms with E-state index in [9.17, 15) is 13.2 Å². The van der Waals surface area contributed by atoms with Crippen LogP contribution in [0.4, 0.5) is 11.6 Å². The lowest BCUT2D eigenvalue weighted by molar-refractivity contribution is -0.114. The molecule has 1 amide bonds. The Labute approximate surface area is 180 Å². The SMILES string of the molecule is COc1ccc(NS(=O)(=O)c2cc(-c3c(C)noc3NC(C)=O)ccc2C)c(OC)c1. The first-order valence-corrected chi connectivity index (χ1v) is 10.7. The zero-order valence-corrected chi connectivity index (χ0v) is 18.6. The Morgan fingerprint density at radius 3 is 2.45 bits per heavy atom. The summed E-state index contributed by atoms with van der Waals surface area (Å²) in [5, 5.41) is 6.45. The Balaban J connectivity index is 2.04. The van der Waals surface area contributed by atoms with Crippen molar-refractivity contribution < 1.29 is 27.2 Å². The Hall–Kier alpha value is -3.53. The Morgan fingerprint density at radius 1 is 1.06 bits per heavy atom. The fourth-order valence-electron chi connectivity index (χ4n) is 3.08. The molecule has 0 aliphatic rings. The minimum Gasteiger partial charge on any atom is -0.497 e. The zero-order valence-electron chi connectivity index (χ0n) is 17.8. The smallest absolute Gasteiger partial charge is 0.262 e. The van der Waals surface area contributed by atoms with E-state index in [0.717, 1.165) is 0 Å². The number of nitrogens with one attached hydrogen (secondary N) is 2. The third-order valence-corrected chi connectivity index (χ3v) is 6.08. The first kappa shape index (κ1) is 22.2. The molecule has 0 saturated heterocycles. The van der Waals surface area contributed by atoms with Crippen LogP contribution in [0.3, 0.4) is 0 Å². The summed E-state index contributed by atoms with van der Waals surface area (Å²) in [7, 11) is -1.02. The van der Waals surface area contributed by atoms with Crippen LogP contribution in [0.2, 0.25) is 0 Å². The van der Waals surface area contributed by atoms with Gasteiger partial charge in [-0.1, -0.05) is 17.3 Å². The molecule has 2 aromatic carbocycles. The predicted molar refractivity (Wildman–Crippen MR) is 116 cm³/mol. The largest absolute Gasteiger partial charge is 0.497 e. The molecule has 0 unspecified atom stereocenters. The van der Waals surface area contributed by atoms with Gasteiger partial charge in [-0.15, -0.1) is 0 Å². The maximum absolute atomic E-state index is 13.2. The highest BCUT2D eigenvalue weighted by molar-refractivity contribution is 7.92. The van der Waals surface area contributed by atoms with Crippen molar-refractivity contribution in [1.29, 1.82) is 0 Å². The predicted octanol–water partition coefficient (Wildman–Crippen LogP) is 3.73. The number of hydrogen-bond acceptors (Lipinski definition) is 7. The summed E-state index contributed by atoms with van der Waals surface area (Å²) in [6.45, 7) is 4.75. The molecule has 0 fully saturated rings. The second kappa shape index (κ2) is 8.68. The second-order valence-electron chi connectivity index (χ2n) is 6.81. The summed E-state index contributed by atoms with van der Waals surface area (Å²) in [4.78, 5) is 11.5. The highest BCUT2D eigenvalue weighted by Gasteiger charge is 2.23. The molecule has 2 N–H and O–H groups in total. The molecule has 0 bridgehead atoms. The third-order valence-electron chi connectivity index (χ3n) is 4.57. The number of methoxy groups -OCH3 is 2. The normalized spacial score (nSPS) is 11.1. The van der Waals surface area contributed by atoms with Crippen LogP contribution >= 0.6 is 0 Å². The van der Waals surface area contributed by atoms with Crippen LogP contribution in [0.1, 0.15) is 18.2 Å². The van der Waals surface area contributed by atoms with Gasteiger partial charge >= 0.3 is 0 Å². The fourth-order valence-corrected chi connectivity index (χ4v) is 4.42. The van der Waals surface area contributed by atoms with Crippen molar-refractivity contribution in [2.75, 3.05) is 24.3 Å². The van der Waals surface area contributed by atoms with Gasteiger partial charge in [-0.3, -0.25) is 14.8 Å². The lowest BCUT2D eigenvalue weighted by Gasteiger charge is -2.15. The molecule has 1 aromatic heterocycles. The molecule has 10 heteroatoms. The number of carbonyl (C=O) groups excluding carboxylic acids is 1. The summed E-state index contributed by atoms with van der Waals surface area (Å²) >= 11 is 0. The molecule has 164 valence electrons. The maximum atomic E-state index is 13.2. The Bertz CT molecular complexity index is 1230. The van der Waals surface area contributed by atoms with E-state index in [1.165, 1.54) is 27.2 Å². The van der Waals surface area contributed by atoms with Gasteiger partial charge in [0.1, 0.15) is 11.5 Å². The Morgan fingerprint density at radius 2 is 1.81 bits per heavy atom. The minimum absolute atomic E-state index is 0.0669. The highest BCUT2D eigenvalue weighted by atomic mass is 32.2. The number of benzene rings is 2. The number of sulfonamides is 1. The van der Waals surface area contributed by atoms with Gasteiger partial charge in [0.25, 0.3) is 10.0 Å². The van der Waals surface area contributed by atoms with Crippen molar-refractivity contribution in [2.24, 2.45) is 0 Å². The summed E-state index contributed by atoms with van der Waals surface area (Å²) in [5.74, 6) is 0.679. The molecular weight excluding hydrogens is 422 g/mol. The summed E-state index contributed by atoms with van der Waals surface area (Å²) in [6.07, 6.45) is 0. The Kier molecular flexibility index (Phi) is 6.21. The van der Waals surface area contributed by atoms with E-state index in [2.05, 4.69) is 15.2 Å². The van der Waals surface area contributed by atoms with Gasteiger partial charge in [-0.05, 0) is 43.2 Å². The number of aromatic nitrogens is 1. The number of hydrogen-bond donors (Lipinski definition) is 2. The number of aryl methyl sites for hydroxylation is 2. The molecule has 3 rings (SSSR count). The molecule has 1 heterocycles. The van der Waals surface area contributed by atoms with E-state index in [4.69, 9.17) is 14.0 Å². The monoisotopic (exact) mass is 445 g/mol. The summed E-state index contributed by atoms with van der Waals surface area (Å²) in [6, 6.07) is 9.71. The van der Waals surface area contributed by atoms with Crippen molar-refractivity contribution in [3.63, 3.8) is 0 Å². The van der Waals surface area contributed by atoms with Gasteiger partial charge in [0.05, 0.1) is 36.1 Å². The first-order valence-electron chi connectivity index (χ1n) is 9.26.